The highest BCUT2D eigenvalue weighted by Gasteiger charge is 2.15. The number of hydrogen-bond donors (Lipinski definition) is 2. The van der Waals surface area contributed by atoms with Gasteiger partial charge in [0.2, 0.25) is 5.82 Å². The molecule has 1 amide bonds. The first-order valence-electron chi connectivity index (χ1n) is 10.7. The Kier molecular flexibility index (Phi) is 6.12. The van der Waals surface area contributed by atoms with E-state index in [-0.39, 0.29) is 28.5 Å². The molecule has 2 N–H and O–H groups in total. The standard InChI is InChI=1S/C26H19N5O4/c32-22-16-23(25-28-30-31-29-25)35-24-20(22)9-4-10-21(24)27-26(33)18-11-13-19(14-12-18)34-15-5-8-17-6-2-1-3-7-17/h1-7,9-16H,8H2,(H,27,33)(H,28,29,30,31)/b15-5+. The van der Waals surface area contributed by atoms with Crippen LogP contribution in [0.4, 0.5) is 5.69 Å². The van der Waals surface area contributed by atoms with Gasteiger partial charge in [-0.05, 0) is 59.7 Å². The van der Waals surface area contributed by atoms with Crippen LogP contribution < -0.4 is 15.5 Å². The maximum absolute atomic E-state index is 12.9. The zero-order valence-electron chi connectivity index (χ0n) is 18.3. The van der Waals surface area contributed by atoms with Crippen LogP contribution >= 0.6 is 0 Å². The molecule has 9 heteroatoms. The highest BCUT2D eigenvalue weighted by molar-refractivity contribution is 6.08. The molecule has 5 rings (SSSR count). The molecule has 2 aromatic heterocycles. The monoisotopic (exact) mass is 465 g/mol. The summed E-state index contributed by atoms with van der Waals surface area (Å²) in [6, 6.07) is 23.0. The first kappa shape index (κ1) is 21.8. The summed E-state index contributed by atoms with van der Waals surface area (Å²) >= 11 is 0. The number of carbonyl (C=O) groups excluding carboxylic acids is 1. The number of aromatic amines is 1. The summed E-state index contributed by atoms with van der Waals surface area (Å²) in [5.41, 5.74) is 1.88. The number of nitrogens with one attached hydrogen (secondary N) is 2. The third kappa shape index (κ3) is 4.98. The predicted molar refractivity (Wildman–Crippen MR) is 130 cm³/mol. The number of rotatable bonds is 7. The number of benzene rings is 3. The number of fused-ring (bicyclic) bond motifs is 1. The Morgan fingerprint density at radius 1 is 1.03 bits per heavy atom. The second-order valence-corrected chi connectivity index (χ2v) is 7.55. The quantitative estimate of drug-likeness (QED) is 0.342. The zero-order chi connectivity index (χ0) is 24.0. The van der Waals surface area contributed by atoms with Crippen LogP contribution in [0.2, 0.25) is 0 Å². The van der Waals surface area contributed by atoms with Crippen LogP contribution in [0.5, 0.6) is 5.75 Å². The first-order valence-corrected chi connectivity index (χ1v) is 10.7. The number of amides is 1. The van der Waals surface area contributed by atoms with Gasteiger partial charge in [0, 0.05) is 11.6 Å². The Labute approximate surface area is 199 Å². The molecule has 2 heterocycles. The molecule has 0 atom stereocenters. The van der Waals surface area contributed by atoms with E-state index in [1.54, 1.807) is 48.7 Å². The van der Waals surface area contributed by atoms with E-state index in [9.17, 15) is 9.59 Å². The maximum atomic E-state index is 12.9. The van der Waals surface area contributed by atoms with Gasteiger partial charge in [-0.15, -0.1) is 10.2 Å². The molecular weight excluding hydrogens is 446 g/mol. The van der Waals surface area contributed by atoms with Crippen molar-refractivity contribution >= 4 is 22.6 Å². The molecule has 0 aliphatic rings. The van der Waals surface area contributed by atoms with Crippen molar-refractivity contribution < 1.29 is 13.9 Å². The third-order valence-electron chi connectivity index (χ3n) is 5.18. The molecule has 0 aliphatic heterocycles. The molecule has 0 radical (unpaired) electrons. The van der Waals surface area contributed by atoms with Gasteiger partial charge in [0.05, 0.1) is 17.3 Å². The molecule has 0 spiro atoms. The van der Waals surface area contributed by atoms with Gasteiger partial charge < -0.3 is 14.5 Å². The summed E-state index contributed by atoms with van der Waals surface area (Å²) in [5, 5.41) is 16.6. The second kappa shape index (κ2) is 9.84. The van der Waals surface area contributed by atoms with Crippen LogP contribution in [0.25, 0.3) is 22.6 Å². The van der Waals surface area contributed by atoms with Gasteiger partial charge >= 0.3 is 0 Å². The summed E-state index contributed by atoms with van der Waals surface area (Å²) in [6.45, 7) is 0. The summed E-state index contributed by atoms with van der Waals surface area (Å²) in [6.07, 6.45) is 4.31. The zero-order valence-corrected chi connectivity index (χ0v) is 18.3. The Morgan fingerprint density at radius 2 is 1.86 bits per heavy atom. The highest BCUT2D eigenvalue weighted by Crippen LogP contribution is 2.26. The Balaban J connectivity index is 1.29. The van der Waals surface area contributed by atoms with Crippen LogP contribution in [0, 0.1) is 0 Å². The largest absolute Gasteiger partial charge is 0.465 e. The lowest BCUT2D eigenvalue weighted by Gasteiger charge is -2.09. The van der Waals surface area contributed by atoms with E-state index >= 15 is 0 Å². The SMILES string of the molecule is O=C(Nc1cccc2c(=O)cc(-c3nn[nH]n3)oc12)c1ccc(O/C=C/Cc2ccccc2)cc1. The average molecular weight is 465 g/mol. The molecule has 0 fully saturated rings. The minimum Gasteiger partial charge on any atom is -0.465 e. The number of allylic oxidation sites excluding steroid dienone is 1. The Morgan fingerprint density at radius 3 is 2.63 bits per heavy atom. The lowest BCUT2D eigenvalue weighted by atomic mass is 10.1. The lowest BCUT2D eigenvalue weighted by molar-refractivity contribution is 0.102. The summed E-state index contributed by atoms with van der Waals surface area (Å²) in [7, 11) is 0. The van der Waals surface area contributed by atoms with Crippen molar-refractivity contribution in [2.24, 2.45) is 0 Å². The summed E-state index contributed by atoms with van der Waals surface area (Å²) in [4.78, 5) is 25.4. The van der Waals surface area contributed by atoms with Gasteiger partial charge in [0.1, 0.15) is 5.75 Å². The molecule has 35 heavy (non-hydrogen) atoms. The van der Waals surface area contributed by atoms with Gasteiger partial charge in [0.15, 0.2) is 16.8 Å². The summed E-state index contributed by atoms with van der Waals surface area (Å²) in [5.74, 6) is 0.515. The predicted octanol–water partition coefficient (Wildman–Crippen LogP) is 4.36. The van der Waals surface area contributed by atoms with E-state index in [1.165, 1.54) is 11.6 Å². The number of nitrogens with zero attached hydrogens (tertiary/aromatic N) is 3. The van der Waals surface area contributed by atoms with Crippen molar-refractivity contribution in [1.29, 1.82) is 0 Å². The van der Waals surface area contributed by atoms with E-state index in [0.717, 1.165) is 6.42 Å². The molecule has 0 saturated carbocycles. The highest BCUT2D eigenvalue weighted by atomic mass is 16.5. The summed E-state index contributed by atoms with van der Waals surface area (Å²) < 4.78 is 11.5. The van der Waals surface area contributed by atoms with Crippen molar-refractivity contribution in [2.75, 3.05) is 5.32 Å². The molecule has 172 valence electrons. The van der Waals surface area contributed by atoms with Crippen LogP contribution in [0.15, 0.2) is 100 Å². The number of H-pyrrole nitrogens is 1. The van der Waals surface area contributed by atoms with Gasteiger partial charge in [-0.1, -0.05) is 36.4 Å². The number of tetrazole rings is 1. The smallest absolute Gasteiger partial charge is 0.255 e. The number of anilines is 1. The van der Waals surface area contributed by atoms with Crippen molar-refractivity contribution in [3.8, 4) is 17.3 Å². The number of carbonyl (C=O) groups is 1. The van der Waals surface area contributed by atoms with Gasteiger partial charge in [-0.3, -0.25) is 9.59 Å². The Hall–Kier alpha value is -5.05. The van der Waals surface area contributed by atoms with Gasteiger partial charge in [-0.25, -0.2) is 0 Å². The molecule has 0 bridgehead atoms. The van der Waals surface area contributed by atoms with E-state index in [4.69, 9.17) is 9.15 Å². The van der Waals surface area contributed by atoms with E-state index < -0.39 is 0 Å². The number of hydrogen-bond acceptors (Lipinski definition) is 7. The van der Waals surface area contributed by atoms with Crippen molar-refractivity contribution in [1.82, 2.24) is 20.6 Å². The molecule has 0 unspecified atom stereocenters. The molecule has 0 saturated heterocycles. The first-order chi connectivity index (χ1) is 17.2. The Bertz CT molecular complexity index is 1540. The molecule has 0 aliphatic carbocycles. The normalized spacial score (nSPS) is 11.1. The van der Waals surface area contributed by atoms with Gasteiger partial charge in [0.25, 0.3) is 5.91 Å². The van der Waals surface area contributed by atoms with E-state index in [0.29, 0.717) is 22.4 Å². The second-order valence-electron chi connectivity index (χ2n) is 7.55. The maximum Gasteiger partial charge on any atom is 0.255 e. The van der Waals surface area contributed by atoms with Gasteiger partial charge in [-0.2, -0.15) is 5.21 Å². The number of para-hydroxylation sites is 1. The van der Waals surface area contributed by atoms with Crippen molar-refractivity contribution in [2.45, 2.75) is 6.42 Å². The molecular formula is C26H19N5O4. The number of aromatic nitrogens is 4. The fourth-order valence-corrected chi connectivity index (χ4v) is 3.46. The minimum atomic E-state index is -0.365. The molecule has 3 aromatic carbocycles. The lowest BCUT2D eigenvalue weighted by Crippen LogP contribution is -2.13. The topological polar surface area (TPSA) is 123 Å². The fourth-order valence-electron chi connectivity index (χ4n) is 3.46. The van der Waals surface area contributed by atoms with E-state index in [2.05, 4.69) is 25.9 Å². The third-order valence-corrected chi connectivity index (χ3v) is 5.18. The van der Waals surface area contributed by atoms with Crippen molar-refractivity contribution in [3.05, 3.63) is 113 Å². The van der Waals surface area contributed by atoms with E-state index in [1.807, 2.05) is 36.4 Å². The fraction of sp³-hybridized carbons (Fsp3) is 0.0385. The number of ether oxygens (including phenoxy) is 1. The van der Waals surface area contributed by atoms with Crippen LogP contribution in [0.3, 0.4) is 0 Å². The van der Waals surface area contributed by atoms with Crippen LogP contribution in [-0.2, 0) is 6.42 Å². The average Bonchev–Trinajstić information content (AvgIpc) is 3.43. The minimum absolute atomic E-state index is 0.138. The van der Waals surface area contributed by atoms with Crippen molar-refractivity contribution in [3.63, 3.8) is 0 Å². The van der Waals surface area contributed by atoms with Crippen LogP contribution in [0.1, 0.15) is 15.9 Å². The molecule has 9 nitrogen and oxygen atoms in total. The van der Waals surface area contributed by atoms with Crippen LogP contribution in [-0.4, -0.2) is 26.5 Å². The molecule has 5 aromatic rings.